The molecule has 1 fully saturated rings. The summed E-state index contributed by atoms with van der Waals surface area (Å²) in [6, 6.07) is 2.60. The summed E-state index contributed by atoms with van der Waals surface area (Å²) in [5.74, 6) is 1.66. The molecule has 0 aliphatic heterocycles. The van der Waals surface area contributed by atoms with Gasteiger partial charge < -0.3 is 10.1 Å². The molecule has 0 spiro atoms. The number of ether oxygens (including phenoxy) is 1. The Balaban J connectivity index is 2.11. The molecule has 1 N–H and O–H groups in total. The van der Waals surface area contributed by atoms with E-state index in [4.69, 9.17) is 4.74 Å². The van der Waals surface area contributed by atoms with Gasteiger partial charge in [-0.3, -0.25) is 4.98 Å². The van der Waals surface area contributed by atoms with Crippen LogP contribution in [0, 0.1) is 5.92 Å². The summed E-state index contributed by atoms with van der Waals surface area (Å²) >= 11 is 0. The molecule has 0 bridgehead atoms. The van der Waals surface area contributed by atoms with Crippen LogP contribution in [-0.2, 0) is 0 Å². The third kappa shape index (κ3) is 3.93. The second-order valence-corrected chi connectivity index (χ2v) is 5.38. The maximum atomic E-state index is 5.70. The van der Waals surface area contributed by atoms with E-state index in [0.29, 0.717) is 6.04 Å². The SMILES string of the molecule is CCCOc1cncc(C(NCC)C2CCCC2)c1. The van der Waals surface area contributed by atoms with Crippen molar-refractivity contribution in [3.05, 3.63) is 24.0 Å². The Labute approximate surface area is 116 Å². The third-order valence-corrected chi connectivity index (χ3v) is 3.86. The van der Waals surface area contributed by atoms with Gasteiger partial charge in [0.1, 0.15) is 5.75 Å². The molecule has 1 heterocycles. The number of hydrogen-bond acceptors (Lipinski definition) is 3. The lowest BCUT2D eigenvalue weighted by Gasteiger charge is -2.24. The van der Waals surface area contributed by atoms with Gasteiger partial charge in [0.2, 0.25) is 0 Å². The van der Waals surface area contributed by atoms with Crippen molar-refractivity contribution in [3.63, 3.8) is 0 Å². The van der Waals surface area contributed by atoms with Gasteiger partial charge in [0.15, 0.2) is 0 Å². The molecular formula is C16H26N2O. The van der Waals surface area contributed by atoms with E-state index in [0.717, 1.165) is 31.2 Å². The second kappa shape index (κ2) is 7.49. The molecule has 1 atom stereocenters. The monoisotopic (exact) mass is 262 g/mol. The van der Waals surface area contributed by atoms with Crippen LogP contribution in [0.25, 0.3) is 0 Å². The Hall–Kier alpha value is -1.09. The van der Waals surface area contributed by atoms with Gasteiger partial charge in [-0.05, 0) is 43.4 Å². The molecule has 0 aromatic carbocycles. The Morgan fingerprint density at radius 2 is 2.11 bits per heavy atom. The van der Waals surface area contributed by atoms with Crippen LogP contribution in [0.2, 0.25) is 0 Å². The highest BCUT2D eigenvalue weighted by Gasteiger charge is 2.26. The van der Waals surface area contributed by atoms with Crippen molar-refractivity contribution in [2.45, 2.75) is 52.0 Å². The number of rotatable bonds is 7. The fourth-order valence-corrected chi connectivity index (χ4v) is 2.97. The minimum absolute atomic E-state index is 0.435. The summed E-state index contributed by atoms with van der Waals surface area (Å²) in [5, 5.41) is 3.63. The van der Waals surface area contributed by atoms with Gasteiger partial charge in [0.25, 0.3) is 0 Å². The molecule has 1 aliphatic carbocycles. The number of pyridine rings is 1. The Kier molecular flexibility index (Phi) is 5.64. The summed E-state index contributed by atoms with van der Waals surface area (Å²) in [7, 11) is 0. The van der Waals surface area contributed by atoms with Crippen LogP contribution in [0.5, 0.6) is 5.75 Å². The molecular weight excluding hydrogens is 236 g/mol. The second-order valence-electron chi connectivity index (χ2n) is 5.38. The highest BCUT2D eigenvalue weighted by molar-refractivity contribution is 5.26. The summed E-state index contributed by atoms with van der Waals surface area (Å²) < 4.78 is 5.70. The molecule has 1 unspecified atom stereocenters. The molecule has 1 aromatic rings. The fraction of sp³-hybridized carbons (Fsp3) is 0.688. The van der Waals surface area contributed by atoms with Crippen LogP contribution in [0.4, 0.5) is 0 Å². The topological polar surface area (TPSA) is 34.1 Å². The van der Waals surface area contributed by atoms with Crippen LogP contribution in [0.3, 0.4) is 0 Å². The Morgan fingerprint density at radius 1 is 1.32 bits per heavy atom. The van der Waals surface area contributed by atoms with Crippen molar-refractivity contribution in [3.8, 4) is 5.75 Å². The van der Waals surface area contributed by atoms with E-state index in [-0.39, 0.29) is 0 Å². The lowest BCUT2D eigenvalue weighted by molar-refractivity contribution is 0.313. The standard InChI is InChI=1S/C16H26N2O/c1-3-9-19-15-10-14(11-17-12-15)16(18-4-2)13-7-5-6-8-13/h10-13,16,18H,3-9H2,1-2H3. The molecule has 3 nitrogen and oxygen atoms in total. The van der Waals surface area contributed by atoms with Crippen molar-refractivity contribution in [2.75, 3.05) is 13.2 Å². The minimum Gasteiger partial charge on any atom is -0.492 e. The predicted molar refractivity (Wildman–Crippen MR) is 78.4 cm³/mol. The van der Waals surface area contributed by atoms with Crippen LogP contribution in [0.1, 0.15) is 57.6 Å². The van der Waals surface area contributed by atoms with E-state index in [1.54, 1.807) is 0 Å². The molecule has 0 saturated heterocycles. The number of hydrogen-bond donors (Lipinski definition) is 1. The first-order valence-corrected chi connectivity index (χ1v) is 7.66. The van der Waals surface area contributed by atoms with Gasteiger partial charge >= 0.3 is 0 Å². The van der Waals surface area contributed by atoms with Crippen molar-refractivity contribution in [2.24, 2.45) is 5.92 Å². The van der Waals surface area contributed by atoms with Gasteiger partial charge in [-0.15, -0.1) is 0 Å². The third-order valence-electron chi connectivity index (χ3n) is 3.86. The fourth-order valence-electron chi connectivity index (χ4n) is 2.97. The zero-order chi connectivity index (χ0) is 13.5. The summed E-state index contributed by atoms with van der Waals surface area (Å²) in [6.07, 6.45) is 10.2. The van der Waals surface area contributed by atoms with Crippen molar-refractivity contribution < 1.29 is 4.74 Å². The number of nitrogens with one attached hydrogen (secondary N) is 1. The molecule has 106 valence electrons. The average molecular weight is 262 g/mol. The Bertz CT molecular complexity index is 375. The van der Waals surface area contributed by atoms with Crippen LogP contribution >= 0.6 is 0 Å². The molecule has 3 heteroatoms. The van der Waals surface area contributed by atoms with Crippen LogP contribution in [-0.4, -0.2) is 18.1 Å². The van der Waals surface area contributed by atoms with Gasteiger partial charge in [0, 0.05) is 12.2 Å². The van der Waals surface area contributed by atoms with Crippen molar-refractivity contribution in [1.82, 2.24) is 10.3 Å². The summed E-state index contributed by atoms with van der Waals surface area (Å²) in [6.45, 7) is 6.06. The van der Waals surface area contributed by atoms with E-state index in [9.17, 15) is 0 Å². The lowest BCUT2D eigenvalue weighted by Crippen LogP contribution is -2.27. The molecule has 2 rings (SSSR count). The predicted octanol–water partition coefficient (Wildman–Crippen LogP) is 3.71. The van der Waals surface area contributed by atoms with E-state index >= 15 is 0 Å². The molecule has 19 heavy (non-hydrogen) atoms. The van der Waals surface area contributed by atoms with Gasteiger partial charge in [-0.2, -0.15) is 0 Å². The normalized spacial score (nSPS) is 17.6. The van der Waals surface area contributed by atoms with Gasteiger partial charge in [-0.25, -0.2) is 0 Å². The van der Waals surface area contributed by atoms with Crippen molar-refractivity contribution in [1.29, 1.82) is 0 Å². The maximum Gasteiger partial charge on any atom is 0.137 e. The number of aromatic nitrogens is 1. The first-order chi connectivity index (χ1) is 9.35. The highest BCUT2D eigenvalue weighted by atomic mass is 16.5. The molecule has 1 saturated carbocycles. The lowest BCUT2D eigenvalue weighted by atomic mass is 9.92. The molecule has 1 aliphatic rings. The van der Waals surface area contributed by atoms with Crippen LogP contribution < -0.4 is 10.1 Å². The molecule has 1 aromatic heterocycles. The van der Waals surface area contributed by atoms with Crippen molar-refractivity contribution >= 4 is 0 Å². The van der Waals surface area contributed by atoms with E-state index in [1.807, 2.05) is 12.4 Å². The van der Waals surface area contributed by atoms with E-state index in [1.165, 1.54) is 31.2 Å². The highest BCUT2D eigenvalue weighted by Crippen LogP contribution is 2.36. The maximum absolute atomic E-state index is 5.70. The first kappa shape index (κ1) is 14.3. The van der Waals surface area contributed by atoms with E-state index in [2.05, 4.69) is 30.2 Å². The van der Waals surface area contributed by atoms with Gasteiger partial charge in [0.05, 0.1) is 12.8 Å². The zero-order valence-electron chi connectivity index (χ0n) is 12.2. The summed E-state index contributed by atoms with van der Waals surface area (Å²) in [5.41, 5.74) is 1.28. The average Bonchev–Trinajstić information content (AvgIpc) is 2.96. The summed E-state index contributed by atoms with van der Waals surface area (Å²) in [4.78, 5) is 4.35. The van der Waals surface area contributed by atoms with E-state index < -0.39 is 0 Å². The first-order valence-electron chi connectivity index (χ1n) is 7.66. The smallest absolute Gasteiger partial charge is 0.137 e. The number of nitrogens with zero attached hydrogens (tertiary/aromatic N) is 1. The van der Waals surface area contributed by atoms with Crippen LogP contribution in [0.15, 0.2) is 18.5 Å². The molecule has 0 radical (unpaired) electrons. The zero-order valence-corrected chi connectivity index (χ0v) is 12.2. The van der Waals surface area contributed by atoms with Gasteiger partial charge in [-0.1, -0.05) is 26.7 Å². The molecule has 0 amide bonds. The minimum atomic E-state index is 0.435. The quantitative estimate of drug-likeness (QED) is 0.813. The Morgan fingerprint density at radius 3 is 2.79 bits per heavy atom. The largest absolute Gasteiger partial charge is 0.492 e.